The van der Waals surface area contributed by atoms with Gasteiger partial charge in [-0.3, -0.25) is 4.90 Å². The van der Waals surface area contributed by atoms with Crippen molar-refractivity contribution in [1.29, 1.82) is 0 Å². The molecule has 0 radical (unpaired) electrons. The Labute approximate surface area is 226 Å². The second-order valence-electron chi connectivity index (χ2n) is 8.62. The minimum absolute atomic E-state index is 0.197. The minimum atomic E-state index is -3.64. The van der Waals surface area contributed by atoms with Crippen molar-refractivity contribution in [1.82, 2.24) is 19.4 Å². The summed E-state index contributed by atoms with van der Waals surface area (Å²) in [7, 11) is -2.03. The van der Waals surface area contributed by atoms with Crippen molar-refractivity contribution >= 4 is 28.3 Å². The molecule has 4 aromatic rings. The Balaban J connectivity index is 1.53. The van der Waals surface area contributed by atoms with Crippen molar-refractivity contribution in [3.8, 4) is 17.1 Å². The Hall–Kier alpha value is -3.64. The van der Waals surface area contributed by atoms with Gasteiger partial charge in [-0.25, -0.2) is 13.1 Å². The highest BCUT2D eigenvalue weighted by Gasteiger charge is 2.20. The number of rotatable bonds is 8. The fourth-order valence-electron chi connectivity index (χ4n) is 4.12. The summed E-state index contributed by atoms with van der Waals surface area (Å²) in [4.78, 5) is 2.65. The molecule has 9 nitrogen and oxygen atoms in total. The first-order valence-corrected chi connectivity index (χ1v) is 13.9. The topological polar surface area (TPSA) is 91.0 Å². The molecule has 2 heterocycles. The van der Waals surface area contributed by atoms with Crippen molar-refractivity contribution in [2.24, 2.45) is 5.10 Å². The Kier molecular flexibility index (Phi) is 7.79. The maximum atomic E-state index is 13.1. The van der Waals surface area contributed by atoms with E-state index in [1.807, 2.05) is 24.3 Å². The fourth-order valence-corrected chi connectivity index (χ4v) is 5.63. The quantitative estimate of drug-likeness (QED) is 0.242. The molecule has 1 fully saturated rings. The van der Waals surface area contributed by atoms with E-state index in [1.165, 1.54) is 0 Å². The zero-order chi connectivity index (χ0) is 26.5. The molecule has 0 bridgehead atoms. The normalized spacial score (nSPS) is 14.7. The molecule has 0 unspecified atom stereocenters. The van der Waals surface area contributed by atoms with E-state index >= 15 is 0 Å². The second kappa shape index (κ2) is 11.4. The Morgan fingerprint density at radius 2 is 1.63 bits per heavy atom. The van der Waals surface area contributed by atoms with Crippen LogP contribution in [0, 0.1) is 4.77 Å². The van der Waals surface area contributed by atoms with Crippen LogP contribution in [0.2, 0.25) is 0 Å². The maximum absolute atomic E-state index is 13.1. The third-order valence-electron chi connectivity index (χ3n) is 6.18. The van der Waals surface area contributed by atoms with Crippen LogP contribution >= 0.6 is 12.2 Å². The van der Waals surface area contributed by atoms with Crippen LogP contribution in [0.4, 0.5) is 0 Å². The molecule has 0 amide bonds. The molecule has 0 N–H and O–H groups in total. The van der Waals surface area contributed by atoms with Gasteiger partial charge < -0.3 is 9.47 Å². The lowest BCUT2D eigenvalue weighted by Gasteiger charge is -2.25. The van der Waals surface area contributed by atoms with Gasteiger partial charge in [0.05, 0.1) is 43.0 Å². The van der Waals surface area contributed by atoms with E-state index in [2.05, 4.69) is 10.0 Å². The average Bonchev–Trinajstić information content (AvgIpc) is 3.27. The van der Waals surface area contributed by atoms with Gasteiger partial charge in [-0.2, -0.15) is 9.78 Å². The first-order chi connectivity index (χ1) is 18.5. The first-order valence-electron chi connectivity index (χ1n) is 12.1. The molecule has 0 atom stereocenters. The van der Waals surface area contributed by atoms with E-state index in [0.29, 0.717) is 41.8 Å². The SMILES string of the molecule is COc1ccccc1/C=N/n1c(-c2ccc(S(=O)(=O)c3ccccc3)cc2)nn(CN2CCOCC2)c1=S. The van der Waals surface area contributed by atoms with Gasteiger partial charge in [-0.1, -0.05) is 30.3 Å². The summed E-state index contributed by atoms with van der Waals surface area (Å²) in [6.45, 7) is 3.36. The minimum Gasteiger partial charge on any atom is -0.496 e. The molecule has 3 aromatic carbocycles. The molecular weight excluding hydrogens is 522 g/mol. The van der Waals surface area contributed by atoms with E-state index in [-0.39, 0.29) is 9.79 Å². The van der Waals surface area contributed by atoms with E-state index in [4.69, 9.17) is 26.8 Å². The maximum Gasteiger partial charge on any atom is 0.220 e. The number of hydrogen-bond acceptors (Lipinski definition) is 8. The summed E-state index contributed by atoms with van der Waals surface area (Å²) >= 11 is 5.77. The van der Waals surface area contributed by atoms with Crippen molar-refractivity contribution in [2.45, 2.75) is 16.5 Å². The molecule has 38 heavy (non-hydrogen) atoms. The molecule has 11 heteroatoms. The van der Waals surface area contributed by atoms with Crippen LogP contribution in [0.15, 0.2) is 93.8 Å². The molecule has 1 saturated heterocycles. The smallest absolute Gasteiger partial charge is 0.220 e. The van der Waals surface area contributed by atoms with Gasteiger partial charge in [0.25, 0.3) is 0 Å². The zero-order valence-corrected chi connectivity index (χ0v) is 22.4. The molecule has 5 rings (SSSR count). The van der Waals surface area contributed by atoms with Gasteiger partial charge in [0.2, 0.25) is 14.6 Å². The van der Waals surface area contributed by atoms with E-state index in [0.717, 1.165) is 18.7 Å². The molecule has 1 aliphatic heterocycles. The highest BCUT2D eigenvalue weighted by molar-refractivity contribution is 7.91. The van der Waals surface area contributed by atoms with E-state index in [1.54, 1.807) is 77.3 Å². The number of hydrogen-bond donors (Lipinski definition) is 0. The van der Waals surface area contributed by atoms with Crippen molar-refractivity contribution < 1.29 is 17.9 Å². The summed E-state index contributed by atoms with van der Waals surface area (Å²) in [5.74, 6) is 1.18. The summed E-state index contributed by atoms with van der Waals surface area (Å²) in [5.41, 5.74) is 1.47. The predicted octanol–water partition coefficient (Wildman–Crippen LogP) is 4.09. The summed E-state index contributed by atoms with van der Waals surface area (Å²) in [6, 6.07) is 22.5. The number of morpholine rings is 1. The monoisotopic (exact) mass is 549 g/mol. The third kappa shape index (κ3) is 5.46. The highest BCUT2D eigenvalue weighted by Crippen LogP contribution is 2.25. The largest absolute Gasteiger partial charge is 0.496 e. The van der Waals surface area contributed by atoms with Crippen LogP contribution in [0.25, 0.3) is 11.4 Å². The van der Waals surface area contributed by atoms with Gasteiger partial charge in [0, 0.05) is 24.2 Å². The summed E-state index contributed by atoms with van der Waals surface area (Å²) < 4.78 is 40.7. The fraction of sp³-hybridized carbons (Fsp3) is 0.222. The number of methoxy groups -OCH3 is 1. The molecule has 0 spiro atoms. The lowest BCUT2D eigenvalue weighted by molar-refractivity contribution is 0.0210. The molecule has 0 aliphatic carbocycles. The Morgan fingerprint density at radius 1 is 0.974 bits per heavy atom. The van der Waals surface area contributed by atoms with Crippen LogP contribution in [-0.4, -0.2) is 67.4 Å². The van der Waals surface area contributed by atoms with Crippen molar-refractivity contribution in [2.75, 3.05) is 33.4 Å². The third-order valence-corrected chi connectivity index (χ3v) is 8.35. The Bertz CT molecular complexity index is 1590. The summed E-state index contributed by atoms with van der Waals surface area (Å²) in [5, 5.41) is 9.43. The standard InChI is InChI=1S/C27H27N5O4S2/c1-35-25-10-6-5-7-22(25)19-28-32-26(29-31(27(32)37)20-30-15-17-36-18-16-30)21-11-13-24(14-12-21)38(33,34)23-8-3-2-4-9-23/h2-14,19H,15-18,20H2,1H3/b28-19+. The van der Waals surface area contributed by atoms with Crippen LogP contribution in [-0.2, 0) is 21.2 Å². The molecular formula is C27H27N5O4S2. The molecule has 196 valence electrons. The molecule has 0 saturated carbocycles. The van der Waals surface area contributed by atoms with E-state index < -0.39 is 9.84 Å². The van der Waals surface area contributed by atoms with E-state index in [9.17, 15) is 8.42 Å². The van der Waals surface area contributed by atoms with Crippen LogP contribution in [0.1, 0.15) is 5.56 Å². The predicted molar refractivity (Wildman–Crippen MR) is 147 cm³/mol. The average molecular weight is 550 g/mol. The van der Waals surface area contributed by atoms with Gasteiger partial charge in [-0.05, 0) is 60.7 Å². The lowest BCUT2D eigenvalue weighted by Crippen LogP contribution is -2.37. The first kappa shape index (κ1) is 26.0. The van der Waals surface area contributed by atoms with Gasteiger partial charge in [-0.15, -0.1) is 5.10 Å². The van der Waals surface area contributed by atoms with Crippen molar-refractivity contribution in [3.63, 3.8) is 0 Å². The Morgan fingerprint density at radius 3 is 2.34 bits per heavy atom. The number of para-hydroxylation sites is 1. The summed E-state index contributed by atoms with van der Waals surface area (Å²) in [6.07, 6.45) is 1.67. The number of aromatic nitrogens is 3. The number of ether oxygens (including phenoxy) is 2. The molecule has 1 aromatic heterocycles. The van der Waals surface area contributed by atoms with Crippen LogP contribution < -0.4 is 4.74 Å². The molecule has 1 aliphatic rings. The van der Waals surface area contributed by atoms with Crippen LogP contribution in [0.3, 0.4) is 0 Å². The highest BCUT2D eigenvalue weighted by atomic mass is 32.2. The van der Waals surface area contributed by atoms with Gasteiger partial charge in [0.1, 0.15) is 5.75 Å². The van der Waals surface area contributed by atoms with Gasteiger partial charge >= 0.3 is 0 Å². The van der Waals surface area contributed by atoms with Crippen LogP contribution in [0.5, 0.6) is 5.75 Å². The second-order valence-corrected chi connectivity index (χ2v) is 10.9. The lowest BCUT2D eigenvalue weighted by atomic mass is 10.2. The number of nitrogens with zero attached hydrogens (tertiary/aromatic N) is 5. The van der Waals surface area contributed by atoms with Gasteiger partial charge in [0.15, 0.2) is 5.82 Å². The number of sulfone groups is 1. The van der Waals surface area contributed by atoms with Crippen molar-refractivity contribution in [3.05, 3.63) is 89.2 Å². The number of benzene rings is 3. The zero-order valence-electron chi connectivity index (χ0n) is 20.8.